The zero-order valence-corrected chi connectivity index (χ0v) is 21.7. The van der Waals surface area contributed by atoms with E-state index < -0.39 is 0 Å². The number of fused-ring (bicyclic) bond motifs is 2. The van der Waals surface area contributed by atoms with Crippen molar-refractivity contribution in [2.24, 2.45) is 0 Å². The summed E-state index contributed by atoms with van der Waals surface area (Å²) in [5, 5.41) is 9.26. The van der Waals surface area contributed by atoms with Gasteiger partial charge < -0.3 is 27.9 Å². The molecule has 0 N–H and O–H groups in total. The van der Waals surface area contributed by atoms with Crippen LogP contribution < -0.4 is 14.2 Å². The van der Waals surface area contributed by atoms with Crippen molar-refractivity contribution in [1.82, 2.24) is 15.1 Å². The zero-order chi connectivity index (χ0) is 25.4. The lowest BCUT2D eigenvalue weighted by atomic mass is 9.89. The first kappa shape index (κ1) is 23.9. The van der Waals surface area contributed by atoms with Crippen LogP contribution in [-0.4, -0.2) is 48.1 Å². The second-order valence-corrected chi connectivity index (χ2v) is 10.9. The van der Waals surface area contributed by atoms with Gasteiger partial charge in [0.2, 0.25) is 12.7 Å². The van der Waals surface area contributed by atoms with Crippen LogP contribution in [0.3, 0.4) is 0 Å². The molecule has 6 rings (SSSR count). The quantitative estimate of drug-likeness (QED) is 0.277. The number of likely N-dealkylation sites (tertiary alicyclic amines) is 1. The third-order valence-corrected chi connectivity index (χ3v) is 7.13. The minimum atomic E-state index is -0.216. The van der Waals surface area contributed by atoms with Crippen LogP contribution >= 0.6 is 0 Å². The molecule has 4 aromatic rings. The van der Waals surface area contributed by atoms with Gasteiger partial charge in [-0.1, -0.05) is 32.9 Å². The summed E-state index contributed by atoms with van der Waals surface area (Å²) in [5.41, 5.74) is 1.88. The van der Waals surface area contributed by atoms with Crippen LogP contribution in [0.1, 0.15) is 57.4 Å². The van der Waals surface area contributed by atoms with Crippen molar-refractivity contribution in [2.75, 3.05) is 33.0 Å². The summed E-state index contributed by atoms with van der Waals surface area (Å²) in [6.45, 7) is 10.3. The summed E-state index contributed by atoms with van der Waals surface area (Å²) >= 11 is 0. The Bertz CT molecular complexity index is 1380. The molecule has 1 saturated heterocycles. The molecule has 37 heavy (non-hydrogen) atoms. The summed E-state index contributed by atoms with van der Waals surface area (Å²) in [7, 11) is 0. The van der Waals surface area contributed by atoms with E-state index in [2.05, 4.69) is 27.2 Å². The summed E-state index contributed by atoms with van der Waals surface area (Å²) < 4.78 is 29.0. The van der Waals surface area contributed by atoms with Crippen LogP contribution in [0.4, 0.5) is 0 Å². The van der Waals surface area contributed by atoms with Gasteiger partial charge in [-0.3, -0.25) is 0 Å². The second kappa shape index (κ2) is 9.74. The van der Waals surface area contributed by atoms with E-state index in [-0.39, 0.29) is 5.41 Å². The van der Waals surface area contributed by atoms with E-state index in [0.29, 0.717) is 36.9 Å². The fourth-order valence-corrected chi connectivity index (χ4v) is 5.02. The van der Waals surface area contributed by atoms with Crippen molar-refractivity contribution in [3.63, 3.8) is 0 Å². The number of furan rings is 1. The maximum atomic E-state index is 6.17. The molecule has 0 unspecified atom stereocenters. The summed E-state index contributed by atoms with van der Waals surface area (Å²) in [6.07, 6.45) is 3.28. The summed E-state index contributed by atoms with van der Waals surface area (Å²) in [6, 6.07) is 14.2. The molecule has 2 aromatic heterocycles. The van der Waals surface area contributed by atoms with Gasteiger partial charge >= 0.3 is 0 Å². The highest BCUT2D eigenvalue weighted by atomic mass is 16.7. The fraction of sp³-hybridized carbons (Fsp3) is 0.448. The minimum Gasteiger partial charge on any atom is -0.493 e. The van der Waals surface area contributed by atoms with Gasteiger partial charge in [-0.15, -0.1) is 10.2 Å². The monoisotopic (exact) mass is 503 g/mol. The number of ether oxygens (including phenoxy) is 3. The summed E-state index contributed by atoms with van der Waals surface area (Å²) in [4.78, 5) is 2.53. The van der Waals surface area contributed by atoms with Gasteiger partial charge in [-0.25, -0.2) is 0 Å². The van der Waals surface area contributed by atoms with Gasteiger partial charge in [0.15, 0.2) is 17.3 Å². The molecule has 0 saturated carbocycles. The largest absolute Gasteiger partial charge is 0.493 e. The fourth-order valence-electron chi connectivity index (χ4n) is 5.02. The first-order chi connectivity index (χ1) is 17.9. The molecule has 2 aliphatic heterocycles. The Kier molecular flexibility index (Phi) is 6.28. The number of hydrogen-bond donors (Lipinski definition) is 0. The van der Waals surface area contributed by atoms with E-state index >= 15 is 0 Å². The van der Waals surface area contributed by atoms with Crippen molar-refractivity contribution >= 4 is 11.0 Å². The van der Waals surface area contributed by atoms with Gasteiger partial charge in [-0.2, -0.15) is 0 Å². The Morgan fingerprint density at radius 1 is 0.973 bits per heavy atom. The van der Waals surface area contributed by atoms with Crippen molar-refractivity contribution in [2.45, 2.75) is 51.4 Å². The summed E-state index contributed by atoms with van der Waals surface area (Å²) in [5.74, 6) is 4.64. The number of hydrogen-bond acceptors (Lipinski definition) is 8. The molecule has 0 amide bonds. The maximum Gasteiger partial charge on any atom is 0.283 e. The maximum absolute atomic E-state index is 6.17. The molecule has 0 aliphatic carbocycles. The number of piperidine rings is 1. The average Bonchev–Trinajstić information content (AvgIpc) is 3.65. The third-order valence-electron chi connectivity index (χ3n) is 7.13. The molecule has 0 radical (unpaired) electrons. The van der Waals surface area contributed by atoms with E-state index in [0.717, 1.165) is 67.1 Å². The van der Waals surface area contributed by atoms with Crippen molar-refractivity contribution in [3.05, 3.63) is 53.9 Å². The highest BCUT2D eigenvalue weighted by molar-refractivity contribution is 5.87. The molecule has 8 heteroatoms. The highest BCUT2D eigenvalue weighted by Gasteiger charge is 2.24. The lowest BCUT2D eigenvalue weighted by molar-refractivity contribution is 0.173. The number of rotatable bonds is 7. The van der Waals surface area contributed by atoms with Gasteiger partial charge in [-0.05, 0) is 68.1 Å². The topological polar surface area (TPSA) is 83.0 Å². The van der Waals surface area contributed by atoms with Crippen LogP contribution in [0.15, 0.2) is 51.3 Å². The number of nitrogens with zero attached hydrogens (tertiary/aromatic N) is 3. The number of benzene rings is 2. The lowest BCUT2D eigenvalue weighted by Crippen LogP contribution is -2.34. The zero-order valence-electron chi connectivity index (χ0n) is 21.7. The van der Waals surface area contributed by atoms with Crippen molar-refractivity contribution in [1.29, 1.82) is 0 Å². The Morgan fingerprint density at radius 3 is 2.62 bits per heavy atom. The molecular weight excluding hydrogens is 470 g/mol. The predicted molar refractivity (Wildman–Crippen MR) is 139 cm³/mol. The van der Waals surface area contributed by atoms with Crippen LogP contribution in [-0.2, 0) is 5.41 Å². The highest BCUT2D eigenvalue weighted by Crippen LogP contribution is 2.38. The van der Waals surface area contributed by atoms with Crippen molar-refractivity contribution in [3.8, 4) is 28.9 Å². The molecule has 0 atom stereocenters. The minimum absolute atomic E-state index is 0.216. The van der Waals surface area contributed by atoms with E-state index in [4.69, 9.17) is 23.0 Å². The second-order valence-electron chi connectivity index (χ2n) is 10.9. The molecule has 4 heterocycles. The third kappa shape index (κ3) is 5.03. The Labute approximate surface area is 216 Å². The molecule has 8 nitrogen and oxygen atoms in total. The first-order valence-corrected chi connectivity index (χ1v) is 13.1. The average molecular weight is 504 g/mol. The molecule has 2 aromatic carbocycles. The van der Waals surface area contributed by atoms with Crippen LogP contribution in [0, 0.1) is 0 Å². The Hall–Kier alpha value is -3.52. The first-order valence-electron chi connectivity index (χ1n) is 13.1. The van der Waals surface area contributed by atoms with Crippen molar-refractivity contribution < 1.29 is 23.0 Å². The molecule has 0 bridgehead atoms. The van der Waals surface area contributed by atoms with Crippen LogP contribution in [0.2, 0.25) is 0 Å². The lowest BCUT2D eigenvalue weighted by Gasteiger charge is -2.32. The number of aromatic nitrogens is 2. The molecule has 0 spiro atoms. The predicted octanol–water partition coefficient (Wildman–Crippen LogP) is 6.16. The van der Waals surface area contributed by atoms with Crippen LogP contribution in [0.25, 0.3) is 22.6 Å². The van der Waals surface area contributed by atoms with Gasteiger partial charge in [0.1, 0.15) is 11.3 Å². The van der Waals surface area contributed by atoms with Gasteiger partial charge in [0, 0.05) is 18.0 Å². The smallest absolute Gasteiger partial charge is 0.283 e. The van der Waals surface area contributed by atoms with E-state index in [1.54, 1.807) is 0 Å². The molecule has 194 valence electrons. The standard InChI is InChI=1S/C29H33N3O5/c1-29(2,3)28-31-30-27(37-28)26-17-21-22(6-4-7-23(21)36-26)33-15-5-12-32-13-10-19(11-14-32)20-8-9-24-25(16-20)35-18-34-24/h4,6-9,16-17,19H,5,10-15,18H2,1-3H3. The van der Waals surface area contributed by atoms with E-state index in [1.807, 2.05) is 51.1 Å². The normalized spacial score (nSPS) is 16.5. The van der Waals surface area contributed by atoms with Crippen LogP contribution in [0.5, 0.6) is 17.2 Å². The SMILES string of the molecule is CC(C)(C)c1nnc(-c2cc3c(OCCCN4CCC(c5ccc6c(c5)OCO6)CC4)cccc3o2)o1. The Balaban J connectivity index is 1.01. The van der Waals surface area contributed by atoms with E-state index in [1.165, 1.54) is 5.56 Å². The molecular formula is C29H33N3O5. The molecule has 2 aliphatic rings. The van der Waals surface area contributed by atoms with Gasteiger partial charge in [0.25, 0.3) is 5.89 Å². The molecule has 1 fully saturated rings. The van der Waals surface area contributed by atoms with Gasteiger partial charge in [0.05, 0.1) is 12.0 Å². The van der Waals surface area contributed by atoms with E-state index in [9.17, 15) is 0 Å². The Morgan fingerprint density at radius 2 is 1.81 bits per heavy atom.